The fraction of sp³-hybridized carbons (Fsp3) is 0.333. The van der Waals surface area contributed by atoms with Crippen molar-refractivity contribution in [1.29, 1.82) is 5.26 Å². The molecule has 0 amide bonds. The first kappa shape index (κ1) is 13.3. The molecule has 1 aromatic carbocycles. The van der Waals surface area contributed by atoms with Crippen molar-refractivity contribution in [3.05, 3.63) is 28.8 Å². The summed E-state index contributed by atoms with van der Waals surface area (Å²) in [6.45, 7) is 0.283. The first-order chi connectivity index (χ1) is 8.15. The van der Waals surface area contributed by atoms with Crippen molar-refractivity contribution < 1.29 is 9.53 Å². The molecule has 0 saturated heterocycles. The van der Waals surface area contributed by atoms with E-state index in [0.717, 1.165) is 0 Å². The minimum absolute atomic E-state index is 0.270. The molecular weight excluding hydrogens is 240 g/mol. The zero-order valence-corrected chi connectivity index (χ0v) is 10.0. The van der Waals surface area contributed by atoms with Gasteiger partial charge in [-0.25, -0.2) is 4.79 Å². The molecule has 1 aromatic rings. The molecule has 90 valence electrons. The van der Waals surface area contributed by atoms with Gasteiger partial charge in [0.25, 0.3) is 0 Å². The van der Waals surface area contributed by atoms with E-state index in [0.29, 0.717) is 30.0 Å². The molecule has 0 saturated carbocycles. The summed E-state index contributed by atoms with van der Waals surface area (Å²) in [6, 6.07) is 6.69. The Morgan fingerprint density at radius 1 is 1.47 bits per heavy atom. The Kier molecular flexibility index (Phi) is 5.31. The van der Waals surface area contributed by atoms with Crippen LogP contribution in [0.5, 0.6) is 0 Å². The predicted octanol–water partition coefficient (Wildman–Crippen LogP) is 2.77. The minimum Gasteiger partial charge on any atom is -0.462 e. The van der Waals surface area contributed by atoms with Crippen molar-refractivity contribution in [2.24, 2.45) is 0 Å². The van der Waals surface area contributed by atoms with Crippen molar-refractivity contribution >= 4 is 23.3 Å². The molecule has 0 fully saturated rings. The number of halogens is 1. The monoisotopic (exact) mass is 252 g/mol. The molecule has 1 rings (SSSR count). The van der Waals surface area contributed by atoms with E-state index >= 15 is 0 Å². The Hall–Kier alpha value is -1.73. The Morgan fingerprint density at radius 2 is 2.24 bits per heavy atom. The van der Waals surface area contributed by atoms with Gasteiger partial charge in [-0.1, -0.05) is 11.6 Å². The molecule has 0 aliphatic carbocycles. The molecule has 0 heterocycles. The van der Waals surface area contributed by atoms with Crippen LogP contribution in [0.1, 0.15) is 29.6 Å². The van der Waals surface area contributed by atoms with Crippen LogP contribution in [0, 0.1) is 11.3 Å². The quantitative estimate of drug-likeness (QED) is 0.497. The zero-order chi connectivity index (χ0) is 12.7. The third kappa shape index (κ3) is 4.33. The lowest BCUT2D eigenvalue weighted by molar-refractivity contribution is 0.0499. The SMILES string of the molecule is N#CCCCCOC(=O)c1cc(N)ccc1Cl. The number of nitrogen functional groups attached to an aromatic ring is 1. The topological polar surface area (TPSA) is 76.1 Å². The van der Waals surface area contributed by atoms with Crippen LogP contribution in [0.25, 0.3) is 0 Å². The van der Waals surface area contributed by atoms with E-state index < -0.39 is 5.97 Å². The van der Waals surface area contributed by atoms with Gasteiger partial charge in [0.15, 0.2) is 0 Å². The average Bonchev–Trinajstić information content (AvgIpc) is 2.32. The van der Waals surface area contributed by atoms with Crippen molar-refractivity contribution in [1.82, 2.24) is 0 Å². The summed E-state index contributed by atoms with van der Waals surface area (Å²) >= 11 is 5.85. The number of ether oxygens (including phenoxy) is 1. The van der Waals surface area contributed by atoms with Crippen LogP contribution in [0.2, 0.25) is 5.02 Å². The summed E-state index contributed by atoms with van der Waals surface area (Å²) in [4.78, 5) is 11.6. The van der Waals surface area contributed by atoms with Crippen molar-refractivity contribution in [2.75, 3.05) is 12.3 Å². The van der Waals surface area contributed by atoms with Crippen LogP contribution in [-0.2, 0) is 4.74 Å². The highest BCUT2D eigenvalue weighted by atomic mass is 35.5. The van der Waals surface area contributed by atoms with E-state index in [9.17, 15) is 4.79 Å². The summed E-state index contributed by atoms with van der Waals surface area (Å²) in [5.41, 5.74) is 6.29. The first-order valence-electron chi connectivity index (χ1n) is 5.24. The number of unbranched alkanes of at least 4 members (excludes halogenated alkanes) is 2. The first-order valence-corrected chi connectivity index (χ1v) is 5.62. The normalized spacial score (nSPS) is 9.65. The van der Waals surface area contributed by atoms with Gasteiger partial charge in [0.1, 0.15) is 0 Å². The highest BCUT2D eigenvalue weighted by Gasteiger charge is 2.11. The van der Waals surface area contributed by atoms with Gasteiger partial charge < -0.3 is 10.5 Å². The van der Waals surface area contributed by atoms with E-state index in [1.165, 1.54) is 6.07 Å². The molecule has 4 nitrogen and oxygen atoms in total. The van der Waals surface area contributed by atoms with Gasteiger partial charge in [0.2, 0.25) is 0 Å². The fourth-order valence-corrected chi connectivity index (χ4v) is 1.44. The number of carbonyl (C=O) groups is 1. The second-order valence-corrected chi connectivity index (χ2v) is 3.90. The van der Waals surface area contributed by atoms with Crippen LogP contribution >= 0.6 is 11.6 Å². The van der Waals surface area contributed by atoms with E-state index in [-0.39, 0.29) is 12.2 Å². The van der Waals surface area contributed by atoms with Gasteiger partial charge in [0, 0.05) is 12.1 Å². The number of hydrogen-bond donors (Lipinski definition) is 1. The van der Waals surface area contributed by atoms with Gasteiger partial charge in [-0.3, -0.25) is 0 Å². The lowest BCUT2D eigenvalue weighted by Crippen LogP contribution is -2.07. The van der Waals surface area contributed by atoms with Gasteiger partial charge in [-0.05, 0) is 31.0 Å². The maximum Gasteiger partial charge on any atom is 0.339 e. The number of nitrogens with two attached hydrogens (primary N) is 1. The maximum atomic E-state index is 11.6. The van der Waals surface area contributed by atoms with Gasteiger partial charge >= 0.3 is 5.97 Å². The lowest BCUT2D eigenvalue weighted by atomic mass is 10.2. The van der Waals surface area contributed by atoms with Gasteiger partial charge in [-0.15, -0.1) is 0 Å². The van der Waals surface area contributed by atoms with E-state index in [2.05, 4.69) is 0 Å². The van der Waals surface area contributed by atoms with Gasteiger partial charge in [-0.2, -0.15) is 5.26 Å². The average molecular weight is 253 g/mol. The minimum atomic E-state index is -0.487. The third-order valence-electron chi connectivity index (χ3n) is 2.13. The second kappa shape index (κ2) is 6.77. The summed E-state index contributed by atoms with van der Waals surface area (Å²) < 4.78 is 5.02. The summed E-state index contributed by atoms with van der Waals surface area (Å²) in [5.74, 6) is -0.487. The van der Waals surface area contributed by atoms with Crippen LogP contribution in [0.3, 0.4) is 0 Å². The Bertz CT molecular complexity index is 441. The van der Waals surface area contributed by atoms with Crippen molar-refractivity contribution in [3.63, 3.8) is 0 Å². The molecular formula is C12H13ClN2O2. The summed E-state index contributed by atoms with van der Waals surface area (Å²) in [5, 5.41) is 8.65. The van der Waals surface area contributed by atoms with Crippen molar-refractivity contribution in [3.8, 4) is 6.07 Å². The lowest BCUT2D eigenvalue weighted by Gasteiger charge is -2.06. The maximum absolute atomic E-state index is 11.6. The number of nitriles is 1. The number of carbonyl (C=O) groups excluding carboxylic acids is 1. The molecule has 0 aliphatic rings. The molecule has 0 radical (unpaired) electrons. The molecule has 0 aromatic heterocycles. The Balaban J connectivity index is 2.47. The predicted molar refractivity (Wildman–Crippen MR) is 65.6 cm³/mol. The summed E-state index contributed by atoms with van der Waals surface area (Å²) in [7, 11) is 0. The molecule has 17 heavy (non-hydrogen) atoms. The molecule has 0 spiro atoms. The molecule has 5 heteroatoms. The largest absolute Gasteiger partial charge is 0.462 e. The second-order valence-electron chi connectivity index (χ2n) is 3.49. The zero-order valence-electron chi connectivity index (χ0n) is 9.28. The number of anilines is 1. The van der Waals surface area contributed by atoms with Gasteiger partial charge in [0.05, 0.1) is 23.3 Å². The smallest absolute Gasteiger partial charge is 0.339 e. The van der Waals surface area contributed by atoms with Crippen LogP contribution in [-0.4, -0.2) is 12.6 Å². The molecule has 0 aliphatic heterocycles. The molecule has 0 atom stereocenters. The molecule has 0 bridgehead atoms. The standard InChI is InChI=1S/C12H13ClN2O2/c13-11-5-4-9(15)8-10(11)12(16)17-7-3-1-2-6-14/h4-5,8H,1-3,7,15H2. The van der Waals surface area contributed by atoms with Crippen LogP contribution in [0.4, 0.5) is 5.69 Å². The third-order valence-corrected chi connectivity index (χ3v) is 2.46. The molecule has 2 N–H and O–H groups in total. The number of benzene rings is 1. The van der Waals surface area contributed by atoms with E-state index in [4.69, 9.17) is 27.3 Å². The number of esters is 1. The van der Waals surface area contributed by atoms with E-state index in [1.807, 2.05) is 6.07 Å². The highest BCUT2D eigenvalue weighted by molar-refractivity contribution is 6.33. The summed E-state index contributed by atoms with van der Waals surface area (Å²) in [6.07, 6.45) is 1.85. The Morgan fingerprint density at radius 3 is 2.94 bits per heavy atom. The number of nitrogens with zero attached hydrogens (tertiary/aromatic N) is 1. The Labute approximate surface area is 105 Å². The number of rotatable bonds is 5. The van der Waals surface area contributed by atoms with Crippen molar-refractivity contribution in [2.45, 2.75) is 19.3 Å². The van der Waals surface area contributed by atoms with E-state index in [1.54, 1.807) is 12.1 Å². The number of hydrogen-bond acceptors (Lipinski definition) is 4. The van der Waals surface area contributed by atoms with Crippen LogP contribution < -0.4 is 5.73 Å². The van der Waals surface area contributed by atoms with Crippen LogP contribution in [0.15, 0.2) is 18.2 Å². The fourth-order valence-electron chi connectivity index (χ4n) is 1.25. The molecule has 0 unspecified atom stereocenters. The highest BCUT2D eigenvalue weighted by Crippen LogP contribution is 2.19.